The van der Waals surface area contributed by atoms with Crippen LogP contribution in [0.25, 0.3) is 0 Å². The van der Waals surface area contributed by atoms with Crippen LogP contribution in [0.5, 0.6) is 0 Å². The fourth-order valence-corrected chi connectivity index (χ4v) is 1.48. The van der Waals surface area contributed by atoms with Gasteiger partial charge in [0.15, 0.2) is 0 Å². The van der Waals surface area contributed by atoms with Gasteiger partial charge in [-0.15, -0.1) is 0 Å². The van der Waals surface area contributed by atoms with Gasteiger partial charge in [0.25, 0.3) is 0 Å². The minimum atomic E-state index is -0.0253. The standard InChI is InChI=1S/C5H9IN2O2/c1-10-3-4-2-8(6)5(9)7-4/h4H,2-3H2,1H3,(H,7,9). The SMILES string of the molecule is COCC1CN(I)C(=O)N1. The average molecular weight is 256 g/mol. The number of hydrogen-bond acceptors (Lipinski definition) is 2. The van der Waals surface area contributed by atoms with Crippen LogP contribution in [0.1, 0.15) is 0 Å². The van der Waals surface area contributed by atoms with Gasteiger partial charge in [-0.25, -0.2) is 4.79 Å². The lowest BCUT2D eigenvalue weighted by atomic mass is 10.3. The van der Waals surface area contributed by atoms with Crippen LogP contribution in [0, 0.1) is 0 Å². The van der Waals surface area contributed by atoms with E-state index in [1.165, 1.54) is 0 Å². The Morgan fingerprint density at radius 3 is 3.10 bits per heavy atom. The molecular formula is C5H9IN2O2. The van der Waals surface area contributed by atoms with Crippen LogP contribution in [0.15, 0.2) is 0 Å². The van der Waals surface area contributed by atoms with Crippen LogP contribution in [0.4, 0.5) is 4.79 Å². The molecule has 2 amide bonds. The number of carbonyl (C=O) groups excluding carboxylic acids is 1. The van der Waals surface area contributed by atoms with Gasteiger partial charge in [-0.2, -0.15) is 0 Å². The monoisotopic (exact) mass is 256 g/mol. The molecule has 1 atom stereocenters. The maximum Gasteiger partial charge on any atom is 0.326 e. The van der Waals surface area contributed by atoms with Crippen molar-refractivity contribution in [3.63, 3.8) is 0 Å². The molecule has 0 saturated carbocycles. The third-order valence-corrected chi connectivity index (χ3v) is 2.13. The number of amides is 2. The summed E-state index contributed by atoms with van der Waals surface area (Å²) in [6.07, 6.45) is 0. The van der Waals surface area contributed by atoms with Crippen molar-refractivity contribution in [2.24, 2.45) is 0 Å². The maximum atomic E-state index is 10.8. The molecule has 5 heteroatoms. The Morgan fingerprint density at radius 1 is 2.00 bits per heavy atom. The first-order chi connectivity index (χ1) is 4.74. The number of ether oxygens (including phenoxy) is 1. The highest BCUT2D eigenvalue weighted by molar-refractivity contribution is 14.1. The van der Waals surface area contributed by atoms with Crippen molar-refractivity contribution in [1.82, 2.24) is 8.43 Å². The molecule has 1 heterocycles. The number of methoxy groups -OCH3 is 1. The summed E-state index contributed by atoms with van der Waals surface area (Å²) < 4.78 is 6.49. The van der Waals surface area contributed by atoms with E-state index in [-0.39, 0.29) is 12.1 Å². The minimum Gasteiger partial charge on any atom is -0.382 e. The summed E-state index contributed by atoms with van der Waals surface area (Å²) in [5.41, 5.74) is 0. The van der Waals surface area contributed by atoms with Crippen LogP contribution >= 0.6 is 22.9 Å². The van der Waals surface area contributed by atoms with E-state index in [1.54, 1.807) is 10.2 Å². The minimum absolute atomic E-state index is 0.0253. The summed E-state index contributed by atoms with van der Waals surface area (Å²) in [4.78, 5) is 10.8. The molecule has 0 bridgehead atoms. The molecular weight excluding hydrogens is 247 g/mol. The Balaban J connectivity index is 2.34. The molecule has 0 spiro atoms. The highest BCUT2D eigenvalue weighted by Gasteiger charge is 2.26. The Bertz CT molecular complexity index is 142. The van der Waals surface area contributed by atoms with Crippen LogP contribution in [0.2, 0.25) is 0 Å². The Kier molecular flexibility index (Phi) is 2.72. The van der Waals surface area contributed by atoms with Crippen molar-refractivity contribution >= 4 is 28.9 Å². The van der Waals surface area contributed by atoms with Gasteiger partial charge >= 0.3 is 6.03 Å². The summed E-state index contributed by atoms with van der Waals surface area (Å²) >= 11 is 1.98. The maximum absolute atomic E-state index is 10.8. The van der Waals surface area contributed by atoms with E-state index in [0.29, 0.717) is 6.61 Å². The highest BCUT2D eigenvalue weighted by atomic mass is 127. The van der Waals surface area contributed by atoms with Gasteiger partial charge in [0.2, 0.25) is 0 Å². The second-order valence-electron chi connectivity index (χ2n) is 2.15. The zero-order valence-corrected chi connectivity index (χ0v) is 7.79. The van der Waals surface area contributed by atoms with Crippen molar-refractivity contribution in [2.75, 3.05) is 20.3 Å². The van der Waals surface area contributed by atoms with Gasteiger partial charge < -0.3 is 10.1 Å². The zero-order chi connectivity index (χ0) is 7.56. The second-order valence-corrected chi connectivity index (χ2v) is 3.31. The van der Waals surface area contributed by atoms with Gasteiger partial charge in [-0.05, 0) is 0 Å². The lowest BCUT2D eigenvalue weighted by molar-refractivity contribution is 0.176. The van der Waals surface area contributed by atoms with Gasteiger partial charge in [-0.3, -0.25) is 3.11 Å². The van der Waals surface area contributed by atoms with Crippen molar-refractivity contribution in [3.05, 3.63) is 0 Å². The van der Waals surface area contributed by atoms with E-state index in [2.05, 4.69) is 5.32 Å². The first-order valence-corrected chi connectivity index (χ1v) is 3.93. The number of hydrogen-bond donors (Lipinski definition) is 1. The normalized spacial score (nSPS) is 25.2. The summed E-state index contributed by atoms with van der Waals surface area (Å²) in [5, 5.41) is 2.76. The van der Waals surface area contributed by atoms with E-state index in [0.717, 1.165) is 6.54 Å². The number of carbonyl (C=O) groups is 1. The van der Waals surface area contributed by atoms with Gasteiger partial charge in [0.05, 0.1) is 42.1 Å². The predicted octanol–water partition coefficient (Wildman–Crippen LogP) is 0.377. The first kappa shape index (κ1) is 8.06. The third kappa shape index (κ3) is 1.72. The summed E-state index contributed by atoms with van der Waals surface area (Å²) in [6, 6.07) is 0.136. The molecule has 1 unspecified atom stereocenters. The molecule has 0 aromatic heterocycles. The van der Waals surface area contributed by atoms with E-state index in [4.69, 9.17) is 4.74 Å². The van der Waals surface area contributed by atoms with Crippen LogP contribution in [0.3, 0.4) is 0 Å². The zero-order valence-electron chi connectivity index (χ0n) is 5.63. The average Bonchev–Trinajstić information content (AvgIpc) is 2.14. The van der Waals surface area contributed by atoms with Crippen LogP contribution < -0.4 is 5.32 Å². The Labute approximate surface area is 73.4 Å². The molecule has 0 aliphatic carbocycles. The second kappa shape index (κ2) is 3.38. The lowest BCUT2D eigenvalue weighted by Gasteiger charge is -2.05. The topological polar surface area (TPSA) is 41.6 Å². The molecule has 58 valence electrons. The van der Waals surface area contributed by atoms with E-state index in [9.17, 15) is 4.79 Å². The molecule has 1 aliphatic heterocycles. The Morgan fingerprint density at radius 2 is 2.70 bits per heavy atom. The molecule has 1 aliphatic rings. The number of halogens is 1. The molecule has 1 saturated heterocycles. The van der Waals surface area contributed by atoms with Crippen molar-refractivity contribution < 1.29 is 9.53 Å². The summed E-state index contributed by atoms with van der Waals surface area (Å²) in [7, 11) is 1.63. The van der Waals surface area contributed by atoms with Gasteiger partial charge in [0, 0.05) is 7.11 Å². The smallest absolute Gasteiger partial charge is 0.326 e. The molecule has 0 radical (unpaired) electrons. The summed E-state index contributed by atoms with van der Waals surface area (Å²) in [5.74, 6) is 0. The Hall–Kier alpha value is -0.0400. The molecule has 4 nitrogen and oxygen atoms in total. The van der Waals surface area contributed by atoms with Crippen LogP contribution in [-0.2, 0) is 4.74 Å². The quantitative estimate of drug-likeness (QED) is 0.573. The molecule has 0 aromatic carbocycles. The van der Waals surface area contributed by atoms with E-state index >= 15 is 0 Å². The fourth-order valence-electron chi connectivity index (χ4n) is 0.862. The number of nitrogens with one attached hydrogen (secondary N) is 1. The van der Waals surface area contributed by atoms with E-state index < -0.39 is 0 Å². The number of rotatable bonds is 2. The predicted molar refractivity (Wildman–Crippen MR) is 44.9 cm³/mol. The van der Waals surface area contributed by atoms with Gasteiger partial charge in [-0.1, -0.05) is 0 Å². The first-order valence-electron chi connectivity index (χ1n) is 2.97. The highest BCUT2D eigenvalue weighted by Crippen LogP contribution is 2.08. The van der Waals surface area contributed by atoms with Crippen molar-refractivity contribution in [1.29, 1.82) is 0 Å². The van der Waals surface area contributed by atoms with Crippen molar-refractivity contribution in [3.8, 4) is 0 Å². The van der Waals surface area contributed by atoms with E-state index in [1.807, 2.05) is 22.9 Å². The lowest BCUT2D eigenvalue weighted by Crippen LogP contribution is -2.30. The molecule has 10 heavy (non-hydrogen) atoms. The van der Waals surface area contributed by atoms with Gasteiger partial charge in [0.1, 0.15) is 0 Å². The molecule has 0 aromatic rings. The molecule has 1 fully saturated rings. The van der Waals surface area contributed by atoms with Crippen LogP contribution in [-0.4, -0.2) is 35.4 Å². The molecule has 1 N–H and O–H groups in total. The summed E-state index contributed by atoms with van der Waals surface area (Å²) in [6.45, 7) is 1.32. The largest absolute Gasteiger partial charge is 0.382 e. The molecule has 1 rings (SSSR count). The number of urea groups is 1. The fraction of sp³-hybridized carbons (Fsp3) is 0.800. The van der Waals surface area contributed by atoms with Crippen molar-refractivity contribution in [2.45, 2.75) is 6.04 Å². The number of nitrogens with zero attached hydrogens (tertiary/aromatic N) is 1. The third-order valence-electron chi connectivity index (χ3n) is 1.30.